The topological polar surface area (TPSA) is 54.0 Å². The van der Waals surface area contributed by atoms with E-state index in [4.69, 9.17) is 0 Å². The van der Waals surface area contributed by atoms with Gasteiger partial charge in [-0.05, 0) is 46.0 Å². The first-order valence-electron chi connectivity index (χ1n) is 6.84. The first kappa shape index (κ1) is 20.6. The Morgan fingerprint density at radius 3 is 2.55 bits per heavy atom. The third-order valence-electron chi connectivity index (χ3n) is 3.47. The second-order valence-electron chi connectivity index (χ2n) is 5.22. The Balaban J connectivity index is 0.00000220. The fourth-order valence-electron chi connectivity index (χ4n) is 2.07. The number of aryl methyl sites for hydroxylation is 2. The lowest BCUT2D eigenvalue weighted by Gasteiger charge is -2.13. The molecule has 0 radical (unpaired) electrons. The van der Waals surface area contributed by atoms with Gasteiger partial charge in [0, 0.05) is 18.0 Å². The number of benzene rings is 1. The van der Waals surface area contributed by atoms with Gasteiger partial charge in [0.15, 0.2) is 0 Å². The SMILES string of the molecule is CNC(C)CNC(=O)c1cc2cc(C)ccc2nc1C.Cl.Cl. The Kier molecular flexibility index (Phi) is 8.38. The summed E-state index contributed by atoms with van der Waals surface area (Å²) in [6, 6.07) is 8.24. The zero-order valence-electron chi connectivity index (χ0n) is 13.3. The molecule has 1 aromatic heterocycles. The van der Waals surface area contributed by atoms with Crippen molar-refractivity contribution >= 4 is 41.6 Å². The van der Waals surface area contributed by atoms with Gasteiger partial charge in [-0.1, -0.05) is 11.6 Å². The minimum Gasteiger partial charge on any atom is -0.350 e. The molecule has 22 heavy (non-hydrogen) atoms. The highest BCUT2D eigenvalue weighted by molar-refractivity contribution is 5.98. The number of likely N-dealkylation sites (N-methyl/N-ethyl adjacent to an activating group) is 1. The summed E-state index contributed by atoms with van der Waals surface area (Å²) in [6.07, 6.45) is 0. The highest BCUT2D eigenvalue weighted by Crippen LogP contribution is 2.18. The number of pyridine rings is 1. The maximum absolute atomic E-state index is 12.2. The number of nitrogens with one attached hydrogen (secondary N) is 2. The fourth-order valence-corrected chi connectivity index (χ4v) is 2.07. The molecule has 0 saturated carbocycles. The van der Waals surface area contributed by atoms with Crippen molar-refractivity contribution in [2.45, 2.75) is 26.8 Å². The zero-order chi connectivity index (χ0) is 14.7. The van der Waals surface area contributed by atoms with Crippen LogP contribution in [-0.2, 0) is 0 Å². The molecule has 2 aromatic rings. The Labute approximate surface area is 143 Å². The maximum Gasteiger partial charge on any atom is 0.253 e. The summed E-state index contributed by atoms with van der Waals surface area (Å²) < 4.78 is 0. The van der Waals surface area contributed by atoms with Crippen LogP contribution in [0.2, 0.25) is 0 Å². The number of carbonyl (C=O) groups excluding carboxylic acids is 1. The Morgan fingerprint density at radius 1 is 1.23 bits per heavy atom. The van der Waals surface area contributed by atoms with Crippen LogP contribution in [0.15, 0.2) is 24.3 Å². The summed E-state index contributed by atoms with van der Waals surface area (Å²) >= 11 is 0. The molecule has 4 nitrogen and oxygen atoms in total. The van der Waals surface area contributed by atoms with Crippen molar-refractivity contribution in [3.8, 4) is 0 Å². The van der Waals surface area contributed by atoms with Crippen LogP contribution in [0.4, 0.5) is 0 Å². The monoisotopic (exact) mass is 343 g/mol. The summed E-state index contributed by atoms with van der Waals surface area (Å²) in [7, 11) is 1.88. The molecule has 1 atom stereocenters. The van der Waals surface area contributed by atoms with Crippen LogP contribution >= 0.6 is 24.8 Å². The first-order valence-corrected chi connectivity index (χ1v) is 6.84. The van der Waals surface area contributed by atoms with E-state index in [1.54, 1.807) is 0 Å². The number of rotatable bonds is 4. The van der Waals surface area contributed by atoms with Crippen LogP contribution in [0.3, 0.4) is 0 Å². The van der Waals surface area contributed by atoms with Gasteiger partial charge in [0.2, 0.25) is 0 Å². The van der Waals surface area contributed by atoms with Crippen molar-refractivity contribution in [1.29, 1.82) is 0 Å². The predicted molar refractivity (Wildman–Crippen MR) is 96.6 cm³/mol. The molecule has 0 bridgehead atoms. The summed E-state index contributed by atoms with van der Waals surface area (Å²) in [4.78, 5) is 16.7. The van der Waals surface area contributed by atoms with Gasteiger partial charge < -0.3 is 10.6 Å². The second-order valence-corrected chi connectivity index (χ2v) is 5.22. The highest BCUT2D eigenvalue weighted by atomic mass is 35.5. The van der Waals surface area contributed by atoms with E-state index >= 15 is 0 Å². The number of hydrogen-bond acceptors (Lipinski definition) is 3. The minimum absolute atomic E-state index is 0. The largest absolute Gasteiger partial charge is 0.350 e. The molecule has 0 aliphatic rings. The van der Waals surface area contributed by atoms with Gasteiger partial charge in [-0.2, -0.15) is 0 Å². The molecule has 0 saturated heterocycles. The molecule has 2 rings (SSSR count). The third-order valence-corrected chi connectivity index (χ3v) is 3.47. The van der Waals surface area contributed by atoms with E-state index in [1.807, 2.05) is 46.0 Å². The van der Waals surface area contributed by atoms with E-state index in [-0.39, 0.29) is 36.8 Å². The van der Waals surface area contributed by atoms with E-state index in [1.165, 1.54) is 5.56 Å². The molecule has 1 amide bonds. The van der Waals surface area contributed by atoms with E-state index in [2.05, 4.69) is 21.7 Å². The van der Waals surface area contributed by atoms with Crippen molar-refractivity contribution in [3.05, 3.63) is 41.1 Å². The van der Waals surface area contributed by atoms with Gasteiger partial charge in [-0.3, -0.25) is 9.78 Å². The smallest absolute Gasteiger partial charge is 0.253 e. The van der Waals surface area contributed by atoms with Crippen molar-refractivity contribution in [2.75, 3.05) is 13.6 Å². The lowest BCUT2D eigenvalue weighted by atomic mass is 10.1. The zero-order valence-corrected chi connectivity index (χ0v) is 14.9. The lowest BCUT2D eigenvalue weighted by molar-refractivity contribution is 0.0949. The second kappa shape index (κ2) is 8.93. The fraction of sp³-hybridized carbons (Fsp3) is 0.375. The maximum atomic E-state index is 12.2. The average Bonchev–Trinajstić information content (AvgIpc) is 2.44. The van der Waals surface area contributed by atoms with E-state index < -0.39 is 0 Å². The molecule has 122 valence electrons. The molecule has 1 unspecified atom stereocenters. The third kappa shape index (κ3) is 4.83. The number of amides is 1. The number of halogens is 2. The molecule has 0 aliphatic heterocycles. The predicted octanol–water partition coefficient (Wildman–Crippen LogP) is 3.03. The molecule has 0 aliphatic carbocycles. The van der Waals surface area contributed by atoms with E-state index in [9.17, 15) is 4.79 Å². The number of fused-ring (bicyclic) bond motifs is 1. The lowest BCUT2D eigenvalue weighted by Crippen LogP contribution is -2.37. The van der Waals surface area contributed by atoms with Gasteiger partial charge in [-0.25, -0.2) is 0 Å². The van der Waals surface area contributed by atoms with Crippen molar-refractivity contribution in [3.63, 3.8) is 0 Å². The molecule has 2 N–H and O–H groups in total. The summed E-state index contributed by atoms with van der Waals surface area (Å²) in [5, 5.41) is 7.02. The van der Waals surface area contributed by atoms with Crippen LogP contribution < -0.4 is 10.6 Å². The molecule has 0 fully saturated rings. The minimum atomic E-state index is -0.0690. The normalized spacial score (nSPS) is 11.3. The summed E-state index contributed by atoms with van der Waals surface area (Å²) in [5.41, 5.74) is 3.49. The summed E-state index contributed by atoms with van der Waals surface area (Å²) in [5.74, 6) is -0.0690. The molecular weight excluding hydrogens is 321 g/mol. The highest BCUT2D eigenvalue weighted by Gasteiger charge is 2.12. The number of nitrogens with zero attached hydrogens (tertiary/aromatic N) is 1. The van der Waals surface area contributed by atoms with Crippen LogP contribution in [0.1, 0.15) is 28.5 Å². The van der Waals surface area contributed by atoms with Crippen LogP contribution in [0.25, 0.3) is 10.9 Å². The van der Waals surface area contributed by atoms with Crippen molar-refractivity contribution < 1.29 is 4.79 Å². The standard InChI is InChI=1S/C16H21N3O.2ClH/c1-10-5-6-15-13(7-10)8-14(12(3)19-15)16(20)18-9-11(2)17-4;;/h5-8,11,17H,9H2,1-4H3,(H,18,20);2*1H. The van der Waals surface area contributed by atoms with Crippen molar-refractivity contribution in [1.82, 2.24) is 15.6 Å². The Bertz CT molecular complexity index is 647. The van der Waals surface area contributed by atoms with E-state index in [0.29, 0.717) is 12.1 Å². The van der Waals surface area contributed by atoms with Crippen molar-refractivity contribution in [2.24, 2.45) is 0 Å². The molecule has 1 heterocycles. The van der Waals surface area contributed by atoms with Gasteiger partial charge in [0.1, 0.15) is 0 Å². The van der Waals surface area contributed by atoms with Gasteiger partial charge in [0.05, 0.1) is 16.8 Å². The number of carbonyl (C=O) groups is 1. The van der Waals surface area contributed by atoms with Crippen LogP contribution in [0, 0.1) is 13.8 Å². The molecular formula is C16H23Cl2N3O. The van der Waals surface area contributed by atoms with E-state index in [0.717, 1.165) is 16.6 Å². The number of hydrogen-bond donors (Lipinski definition) is 2. The average molecular weight is 344 g/mol. The van der Waals surface area contributed by atoms with Crippen LogP contribution in [-0.4, -0.2) is 30.5 Å². The Hall–Kier alpha value is -1.36. The van der Waals surface area contributed by atoms with Gasteiger partial charge in [-0.15, -0.1) is 24.8 Å². The number of aromatic nitrogens is 1. The molecule has 6 heteroatoms. The van der Waals surface area contributed by atoms with Gasteiger partial charge >= 0.3 is 0 Å². The first-order chi connectivity index (χ1) is 9.51. The molecule has 0 spiro atoms. The van der Waals surface area contributed by atoms with Crippen LogP contribution in [0.5, 0.6) is 0 Å². The molecule has 1 aromatic carbocycles. The summed E-state index contributed by atoms with van der Waals surface area (Å²) in [6.45, 7) is 6.53. The Morgan fingerprint density at radius 2 is 1.91 bits per heavy atom. The van der Waals surface area contributed by atoms with Gasteiger partial charge in [0.25, 0.3) is 5.91 Å². The quantitative estimate of drug-likeness (QED) is 0.896.